The number of nitrogens with two attached hydrogens (primary N) is 6. The van der Waals surface area contributed by atoms with E-state index in [-0.39, 0.29) is 31.3 Å². The first-order valence-corrected chi connectivity index (χ1v) is 16.7. The average molecular weight is 822 g/mol. The maximum Gasteiger partial charge on any atom is 0.321 e. The van der Waals surface area contributed by atoms with Crippen LogP contribution in [0, 0.1) is 11.8 Å². The van der Waals surface area contributed by atoms with E-state index in [1.807, 2.05) is 27.7 Å². The van der Waals surface area contributed by atoms with Gasteiger partial charge in [-0.05, 0) is 51.0 Å². The van der Waals surface area contributed by atoms with E-state index in [1.165, 1.54) is 6.92 Å². The Morgan fingerprint density at radius 2 is 1.04 bits per heavy atom. The van der Waals surface area contributed by atoms with Gasteiger partial charge >= 0.3 is 53.7 Å². The molecule has 330 valence electrons. The Morgan fingerprint density at radius 3 is 1.18 bits per heavy atom. The third-order valence-electron chi connectivity index (χ3n) is 6.21. The molecule has 1 heterocycles. The van der Waals surface area contributed by atoms with Crippen LogP contribution in [0.25, 0.3) is 0 Å². The van der Waals surface area contributed by atoms with Crippen LogP contribution in [-0.4, -0.2) is 149 Å². The lowest BCUT2D eigenvalue weighted by atomic mass is 10.0. The monoisotopic (exact) mass is 821 g/mol. The molecule has 6 unspecified atom stereocenters. The van der Waals surface area contributed by atoms with Crippen molar-refractivity contribution in [1.82, 2.24) is 5.32 Å². The van der Waals surface area contributed by atoms with Crippen LogP contribution in [0.15, 0.2) is 0 Å². The smallest absolute Gasteiger partial charge is 0.321 e. The summed E-state index contributed by atoms with van der Waals surface area (Å²) in [5.41, 5.74) is 29.7. The van der Waals surface area contributed by atoms with Gasteiger partial charge in [0.2, 0.25) is 0 Å². The van der Waals surface area contributed by atoms with Crippen LogP contribution < -0.4 is 39.7 Å². The molecular formula is C31H63N7O18. The molecule has 1 rings (SSSR count). The molecule has 1 saturated heterocycles. The van der Waals surface area contributed by atoms with Gasteiger partial charge in [-0.15, -0.1) is 0 Å². The summed E-state index contributed by atoms with van der Waals surface area (Å²) in [6.45, 7) is 9.65. The molecule has 1 fully saturated rings. The molecule has 0 saturated carbocycles. The molecule has 25 heteroatoms. The van der Waals surface area contributed by atoms with Gasteiger partial charge in [-0.25, -0.2) is 0 Å². The summed E-state index contributed by atoms with van der Waals surface area (Å²) in [5, 5.41) is 75.6. The van der Waals surface area contributed by atoms with Gasteiger partial charge in [0.05, 0.1) is 13.0 Å². The van der Waals surface area contributed by atoms with Crippen molar-refractivity contribution in [1.29, 1.82) is 0 Å². The highest BCUT2D eigenvalue weighted by Crippen LogP contribution is 2.05. The van der Waals surface area contributed by atoms with Crippen molar-refractivity contribution >= 4 is 53.7 Å². The van der Waals surface area contributed by atoms with E-state index in [0.717, 1.165) is 25.8 Å². The molecule has 0 aromatic heterocycles. The summed E-state index contributed by atoms with van der Waals surface area (Å²) < 4.78 is 0. The number of hydrogen-bond donors (Lipinski definition) is 16. The third-order valence-corrected chi connectivity index (χ3v) is 6.21. The molecular weight excluding hydrogens is 758 g/mol. The lowest BCUT2D eigenvalue weighted by Gasteiger charge is -2.11. The lowest BCUT2D eigenvalue weighted by Crippen LogP contribution is -2.36. The second-order valence-corrected chi connectivity index (χ2v) is 12.0. The fourth-order valence-electron chi connectivity index (χ4n) is 2.68. The van der Waals surface area contributed by atoms with Gasteiger partial charge in [0.25, 0.3) is 0 Å². The van der Waals surface area contributed by atoms with E-state index < -0.39 is 90.4 Å². The first-order valence-electron chi connectivity index (χ1n) is 16.7. The van der Waals surface area contributed by atoms with E-state index >= 15 is 0 Å². The standard InChI is InChI=1S/2C6H13NO2.C5H9NO4.C5H9NO2.C4H7NO4.C3H7NO2.C2H5NO2/c1-4(2)3-5(7)6(8)9;1-3-4(2)5(7)6(8)9;6-3(5(9)10)1-2-4(7)8;7-5(8)4-2-1-3-6-4;5-2(4(8)9)1-3(6)7;1-2(4)3(5)6;3-1-2(4)5/h2*4-5H,3,7H2,1-2H3,(H,8,9);3H,1-2,6H2,(H,7,8)(H,9,10);4,6H,1-3H2,(H,7,8);2H,1,5H2,(H,6,7)(H,8,9);2H,4H2,1H3,(H,5,6);1,3H2,(H,4,5)/t;;;4-;;;/m...0.../s1. The molecule has 56 heavy (non-hydrogen) atoms. The summed E-state index contributed by atoms with van der Waals surface area (Å²) in [6, 6.07) is -4.74. The number of aliphatic carboxylic acids is 9. The minimum absolute atomic E-state index is 0.0231. The van der Waals surface area contributed by atoms with Crippen molar-refractivity contribution in [3.8, 4) is 0 Å². The molecule has 0 aliphatic carbocycles. The molecule has 22 N–H and O–H groups in total. The average Bonchev–Trinajstić information content (AvgIpc) is 3.63. The normalized spacial score (nSPS) is 15.3. The van der Waals surface area contributed by atoms with Crippen molar-refractivity contribution in [2.75, 3.05) is 13.1 Å². The zero-order chi connectivity index (χ0) is 45.9. The summed E-state index contributed by atoms with van der Waals surface area (Å²) in [4.78, 5) is 88.7. The van der Waals surface area contributed by atoms with Crippen molar-refractivity contribution in [2.45, 2.75) is 116 Å². The summed E-state index contributed by atoms with van der Waals surface area (Å²) >= 11 is 0. The Labute approximate surface area is 323 Å². The highest BCUT2D eigenvalue weighted by molar-refractivity contribution is 5.80. The fraction of sp³-hybridized carbons (Fsp3) is 0.710. The number of carboxylic acid groups (broad SMARTS) is 9. The van der Waals surface area contributed by atoms with Crippen molar-refractivity contribution in [2.24, 2.45) is 46.2 Å². The van der Waals surface area contributed by atoms with Crippen LogP contribution in [-0.2, 0) is 43.2 Å². The van der Waals surface area contributed by atoms with Gasteiger partial charge < -0.3 is 85.7 Å². The van der Waals surface area contributed by atoms with E-state index in [1.54, 1.807) is 0 Å². The zero-order valence-corrected chi connectivity index (χ0v) is 32.1. The van der Waals surface area contributed by atoms with Crippen LogP contribution >= 0.6 is 0 Å². The van der Waals surface area contributed by atoms with Crippen molar-refractivity contribution in [3.63, 3.8) is 0 Å². The van der Waals surface area contributed by atoms with Gasteiger partial charge in [0, 0.05) is 6.42 Å². The van der Waals surface area contributed by atoms with Gasteiger partial charge in [-0.2, -0.15) is 0 Å². The van der Waals surface area contributed by atoms with Gasteiger partial charge in [0.1, 0.15) is 36.3 Å². The Bertz CT molecular complexity index is 1170. The molecule has 7 atom stereocenters. The molecule has 0 bridgehead atoms. The minimum Gasteiger partial charge on any atom is -0.481 e. The lowest BCUT2D eigenvalue weighted by molar-refractivity contribution is -0.144. The molecule has 25 nitrogen and oxygen atoms in total. The van der Waals surface area contributed by atoms with Crippen LogP contribution in [0.4, 0.5) is 0 Å². The third kappa shape index (κ3) is 51.1. The molecule has 0 radical (unpaired) electrons. The fourth-order valence-corrected chi connectivity index (χ4v) is 2.68. The van der Waals surface area contributed by atoms with Crippen LogP contribution in [0.2, 0.25) is 0 Å². The molecule has 1 aliphatic heterocycles. The SMILES string of the molecule is CC(C)CC(N)C(=O)O.CC(N)C(=O)O.CCC(C)C(N)C(=O)O.NC(CC(=O)O)C(=O)O.NC(CCC(=O)O)C(=O)O.NCC(=O)O.O=C(O)[C@@H]1CCCN1. The number of carboxylic acids is 9. The Morgan fingerprint density at radius 1 is 0.625 bits per heavy atom. The van der Waals surface area contributed by atoms with Crippen molar-refractivity contribution in [3.05, 3.63) is 0 Å². The number of hydrogen-bond acceptors (Lipinski definition) is 16. The molecule has 0 aromatic carbocycles. The van der Waals surface area contributed by atoms with Crippen LogP contribution in [0.1, 0.15) is 79.6 Å². The van der Waals surface area contributed by atoms with Gasteiger partial charge in [-0.3, -0.25) is 43.2 Å². The predicted octanol–water partition coefficient (Wildman–Crippen LogP) is -2.70. The van der Waals surface area contributed by atoms with E-state index in [4.69, 9.17) is 74.6 Å². The van der Waals surface area contributed by atoms with Crippen LogP contribution in [0.3, 0.4) is 0 Å². The maximum atomic E-state index is 10.2. The van der Waals surface area contributed by atoms with Crippen LogP contribution in [0.5, 0.6) is 0 Å². The first-order chi connectivity index (χ1) is 25.4. The summed E-state index contributed by atoms with van der Waals surface area (Å²) in [7, 11) is 0. The molecule has 0 spiro atoms. The number of nitrogens with one attached hydrogen (secondary N) is 1. The first kappa shape index (κ1) is 62.9. The topological polar surface area (TPSA) is 504 Å². The van der Waals surface area contributed by atoms with Crippen molar-refractivity contribution < 1.29 is 89.1 Å². The van der Waals surface area contributed by atoms with E-state index in [0.29, 0.717) is 12.3 Å². The van der Waals surface area contributed by atoms with E-state index in [9.17, 15) is 43.2 Å². The van der Waals surface area contributed by atoms with E-state index in [2.05, 4.69) is 11.1 Å². The quantitative estimate of drug-likeness (QED) is 0.0753. The second kappa shape index (κ2) is 38.2. The predicted molar refractivity (Wildman–Crippen MR) is 197 cm³/mol. The maximum absolute atomic E-state index is 10.2. The number of carbonyl (C=O) groups is 9. The molecule has 0 amide bonds. The summed E-state index contributed by atoms with van der Waals surface area (Å²) in [5.74, 6) is -8.74. The van der Waals surface area contributed by atoms with Gasteiger partial charge in [0.15, 0.2) is 0 Å². The molecule has 0 aromatic rings. The highest BCUT2D eigenvalue weighted by Gasteiger charge is 2.20. The minimum atomic E-state index is -1.29. The Kier molecular flexibility index (Phi) is 43.0. The number of rotatable bonds is 16. The van der Waals surface area contributed by atoms with Gasteiger partial charge in [-0.1, -0.05) is 34.1 Å². The highest BCUT2D eigenvalue weighted by atomic mass is 16.4. The Balaban J connectivity index is -0.000000131. The Hall–Kier alpha value is -5.05. The zero-order valence-electron chi connectivity index (χ0n) is 32.1. The second-order valence-electron chi connectivity index (χ2n) is 12.0. The largest absolute Gasteiger partial charge is 0.481 e. The summed E-state index contributed by atoms with van der Waals surface area (Å²) in [6.07, 6.45) is 2.39. The molecule has 1 aliphatic rings.